The van der Waals surface area contributed by atoms with Gasteiger partial charge in [0.1, 0.15) is 22.9 Å². The molecule has 2 unspecified atom stereocenters. The van der Waals surface area contributed by atoms with Gasteiger partial charge in [-0.05, 0) is 56.4 Å². The molecule has 2 aromatic heterocycles. The van der Waals surface area contributed by atoms with Crippen LogP contribution in [0.25, 0.3) is 6.08 Å². The first-order valence-corrected chi connectivity index (χ1v) is 10.9. The summed E-state index contributed by atoms with van der Waals surface area (Å²) in [4.78, 5) is 27.5. The Morgan fingerprint density at radius 3 is 3.00 bits per heavy atom. The third-order valence-corrected chi connectivity index (χ3v) is 6.74. The molecule has 7 nitrogen and oxygen atoms in total. The van der Waals surface area contributed by atoms with E-state index in [9.17, 15) is 14.9 Å². The molecule has 1 saturated heterocycles. The van der Waals surface area contributed by atoms with Gasteiger partial charge in [-0.15, -0.1) is 11.3 Å². The topological polar surface area (TPSA) is 95.6 Å². The Hall–Kier alpha value is -3.05. The maximum absolute atomic E-state index is 12.5. The van der Waals surface area contributed by atoms with Crippen LogP contribution in [0.15, 0.2) is 28.9 Å². The van der Waals surface area contributed by atoms with Crippen molar-refractivity contribution in [2.45, 2.75) is 51.2 Å². The number of rotatable bonds is 4. The van der Waals surface area contributed by atoms with Gasteiger partial charge in [0.05, 0.1) is 11.8 Å². The number of hydrogen-bond donors (Lipinski definition) is 1. The molecule has 3 heterocycles. The fraction of sp³-hybridized carbons (Fsp3) is 0.409. The van der Waals surface area contributed by atoms with Crippen LogP contribution >= 0.6 is 11.3 Å². The second kappa shape index (κ2) is 8.76. The Kier molecular flexibility index (Phi) is 5.91. The van der Waals surface area contributed by atoms with Crippen LogP contribution in [0.5, 0.6) is 0 Å². The van der Waals surface area contributed by atoms with Crippen molar-refractivity contribution < 1.29 is 18.7 Å². The lowest BCUT2D eigenvalue weighted by molar-refractivity contribution is -0.111. The van der Waals surface area contributed by atoms with E-state index in [1.165, 1.54) is 23.7 Å². The van der Waals surface area contributed by atoms with Gasteiger partial charge >= 0.3 is 6.09 Å². The van der Waals surface area contributed by atoms with Gasteiger partial charge in [0, 0.05) is 30.0 Å². The van der Waals surface area contributed by atoms with Crippen LogP contribution in [-0.4, -0.2) is 35.6 Å². The number of nitrogens with zero attached hydrogens (tertiary/aromatic N) is 2. The fourth-order valence-electron chi connectivity index (χ4n) is 3.97. The number of amides is 2. The molecule has 8 heteroatoms. The smallest absolute Gasteiger partial charge is 0.410 e. The zero-order valence-corrected chi connectivity index (χ0v) is 17.5. The van der Waals surface area contributed by atoms with Gasteiger partial charge in [-0.25, -0.2) is 4.79 Å². The molecule has 2 atom stereocenters. The van der Waals surface area contributed by atoms with E-state index in [2.05, 4.69) is 11.4 Å². The summed E-state index contributed by atoms with van der Waals surface area (Å²) in [6.45, 7) is 2.79. The van der Waals surface area contributed by atoms with E-state index in [0.29, 0.717) is 35.6 Å². The SMILES string of the molecule is CC1CCCN1C(=O)OC1CCc2c(sc(NC(=O)/C=C/c3ccco3)c2C#N)C1. The molecule has 1 aliphatic carbocycles. The predicted octanol–water partition coefficient (Wildman–Crippen LogP) is 4.34. The molecule has 0 radical (unpaired) electrons. The van der Waals surface area contributed by atoms with Crippen molar-refractivity contribution in [3.63, 3.8) is 0 Å². The minimum atomic E-state index is -0.326. The number of likely N-dealkylation sites (tertiary alicyclic amines) is 1. The minimum Gasteiger partial charge on any atom is -0.465 e. The highest BCUT2D eigenvalue weighted by molar-refractivity contribution is 7.16. The van der Waals surface area contributed by atoms with Crippen LogP contribution in [0, 0.1) is 11.3 Å². The highest BCUT2D eigenvalue weighted by atomic mass is 32.1. The Morgan fingerprint density at radius 2 is 2.30 bits per heavy atom. The molecule has 4 rings (SSSR count). The Morgan fingerprint density at radius 1 is 1.43 bits per heavy atom. The average molecular weight is 426 g/mol. The summed E-state index contributed by atoms with van der Waals surface area (Å²) in [7, 11) is 0. The minimum absolute atomic E-state index is 0.203. The standard InChI is InChI=1S/C22H23N3O4S/c1-14-4-2-10-25(14)22(27)29-16-6-8-17-18(13-23)21(30-19(17)12-16)24-20(26)9-7-15-5-3-11-28-15/h3,5,7,9,11,14,16H,2,4,6,8,10,12H2,1H3,(H,24,26)/b9-7+. The van der Waals surface area contributed by atoms with Crippen molar-refractivity contribution in [1.29, 1.82) is 5.26 Å². The third-order valence-electron chi connectivity index (χ3n) is 5.57. The molecule has 2 aromatic rings. The van der Waals surface area contributed by atoms with Gasteiger partial charge in [-0.3, -0.25) is 4.79 Å². The van der Waals surface area contributed by atoms with Gasteiger partial charge in [0.15, 0.2) is 0 Å². The van der Waals surface area contributed by atoms with Crippen LogP contribution in [0.4, 0.5) is 9.80 Å². The van der Waals surface area contributed by atoms with Crippen LogP contribution in [0.3, 0.4) is 0 Å². The highest BCUT2D eigenvalue weighted by Gasteiger charge is 2.32. The summed E-state index contributed by atoms with van der Waals surface area (Å²) in [5, 5.41) is 13.0. The largest absolute Gasteiger partial charge is 0.465 e. The Bertz CT molecular complexity index is 1000. The maximum atomic E-state index is 12.5. The predicted molar refractivity (Wildman–Crippen MR) is 113 cm³/mol. The average Bonchev–Trinajstić information content (AvgIpc) is 3.45. The first kappa shape index (κ1) is 20.2. The van der Waals surface area contributed by atoms with Crippen molar-refractivity contribution >= 4 is 34.4 Å². The van der Waals surface area contributed by atoms with Crippen molar-refractivity contribution in [2.75, 3.05) is 11.9 Å². The third kappa shape index (κ3) is 4.26. The second-order valence-electron chi connectivity index (χ2n) is 7.59. The zero-order valence-electron chi connectivity index (χ0n) is 16.7. The Balaban J connectivity index is 1.42. The first-order valence-electron chi connectivity index (χ1n) is 10.1. The summed E-state index contributed by atoms with van der Waals surface area (Å²) < 4.78 is 10.9. The lowest BCUT2D eigenvalue weighted by atomic mass is 9.94. The van der Waals surface area contributed by atoms with Crippen molar-refractivity contribution in [3.8, 4) is 6.07 Å². The van der Waals surface area contributed by atoms with Crippen molar-refractivity contribution in [3.05, 3.63) is 46.2 Å². The molecule has 2 aliphatic rings. The number of ether oxygens (including phenoxy) is 1. The number of fused-ring (bicyclic) bond motifs is 1. The molecule has 0 aromatic carbocycles. The zero-order chi connectivity index (χ0) is 21.1. The summed E-state index contributed by atoms with van der Waals surface area (Å²) in [6, 6.07) is 5.93. The Labute approximate surface area is 178 Å². The number of furan rings is 1. The van der Waals surface area contributed by atoms with Crippen LogP contribution in [0.1, 0.15) is 48.0 Å². The number of thiophene rings is 1. The number of nitrogens with one attached hydrogen (secondary N) is 1. The van der Waals surface area contributed by atoms with Gasteiger partial charge in [0.25, 0.3) is 0 Å². The van der Waals surface area contributed by atoms with Gasteiger partial charge in [0.2, 0.25) is 5.91 Å². The molecule has 1 N–H and O–H groups in total. The summed E-state index contributed by atoms with van der Waals surface area (Å²) in [5.41, 5.74) is 1.46. The number of carbonyl (C=O) groups excluding carboxylic acids is 2. The van der Waals surface area contributed by atoms with Crippen LogP contribution < -0.4 is 5.32 Å². The van der Waals surface area contributed by atoms with Gasteiger partial charge < -0.3 is 19.4 Å². The van der Waals surface area contributed by atoms with Gasteiger partial charge in [-0.1, -0.05) is 0 Å². The quantitative estimate of drug-likeness (QED) is 0.735. The molecule has 1 aliphatic heterocycles. The molecular formula is C22H23N3O4S. The monoisotopic (exact) mass is 425 g/mol. The lowest BCUT2D eigenvalue weighted by Gasteiger charge is -2.27. The molecule has 30 heavy (non-hydrogen) atoms. The summed E-state index contributed by atoms with van der Waals surface area (Å²) >= 11 is 1.39. The molecule has 1 fully saturated rings. The van der Waals surface area contributed by atoms with E-state index in [-0.39, 0.29) is 24.1 Å². The van der Waals surface area contributed by atoms with E-state index in [4.69, 9.17) is 9.15 Å². The number of nitriles is 1. The lowest BCUT2D eigenvalue weighted by Crippen LogP contribution is -2.37. The summed E-state index contributed by atoms with van der Waals surface area (Å²) in [5.74, 6) is 0.251. The van der Waals surface area contributed by atoms with Crippen LogP contribution in [0.2, 0.25) is 0 Å². The van der Waals surface area contributed by atoms with Crippen LogP contribution in [-0.2, 0) is 22.4 Å². The summed E-state index contributed by atoms with van der Waals surface area (Å²) in [6.07, 6.45) is 7.96. The van der Waals surface area contributed by atoms with E-state index in [0.717, 1.165) is 29.8 Å². The van der Waals surface area contributed by atoms with Crippen molar-refractivity contribution in [1.82, 2.24) is 4.90 Å². The van der Waals surface area contributed by atoms with E-state index in [1.807, 2.05) is 6.92 Å². The molecule has 2 amide bonds. The molecule has 0 saturated carbocycles. The number of carbonyl (C=O) groups is 2. The maximum Gasteiger partial charge on any atom is 0.410 e. The van der Waals surface area contributed by atoms with Gasteiger partial charge in [-0.2, -0.15) is 5.26 Å². The first-order chi connectivity index (χ1) is 14.5. The fourth-order valence-corrected chi connectivity index (χ4v) is 5.24. The number of anilines is 1. The second-order valence-corrected chi connectivity index (χ2v) is 8.70. The normalized spacial score (nSPS) is 20.7. The molecule has 0 spiro atoms. The highest BCUT2D eigenvalue weighted by Crippen LogP contribution is 2.38. The molecular weight excluding hydrogens is 402 g/mol. The van der Waals surface area contributed by atoms with E-state index >= 15 is 0 Å². The van der Waals surface area contributed by atoms with Crippen molar-refractivity contribution in [2.24, 2.45) is 0 Å². The van der Waals surface area contributed by atoms with E-state index < -0.39 is 0 Å². The van der Waals surface area contributed by atoms with E-state index in [1.54, 1.807) is 23.1 Å². The molecule has 156 valence electrons. The number of hydrogen-bond acceptors (Lipinski definition) is 6. The molecule has 0 bridgehead atoms.